The molecule has 0 aliphatic carbocycles. The highest BCUT2D eigenvalue weighted by Gasteiger charge is 2.29. The van der Waals surface area contributed by atoms with Crippen LogP contribution in [0.1, 0.15) is 12.8 Å². The van der Waals surface area contributed by atoms with E-state index >= 15 is 0 Å². The first kappa shape index (κ1) is 14.4. The Labute approximate surface area is 134 Å². The Hall–Kier alpha value is -2.15. The highest BCUT2D eigenvalue weighted by atomic mass is 16.5. The summed E-state index contributed by atoms with van der Waals surface area (Å²) in [5, 5.41) is 4.17. The molecule has 7 nitrogen and oxygen atoms in total. The normalized spacial score (nSPS) is 20.2. The third-order valence-corrected chi connectivity index (χ3v) is 4.73. The van der Waals surface area contributed by atoms with E-state index in [0.717, 1.165) is 50.5 Å². The topological polar surface area (TPSA) is 63.0 Å². The largest absolute Gasteiger partial charge is 0.378 e. The number of morpholine rings is 1. The van der Waals surface area contributed by atoms with Crippen LogP contribution >= 0.6 is 0 Å². The fourth-order valence-corrected chi connectivity index (χ4v) is 3.38. The van der Waals surface area contributed by atoms with Crippen LogP contribution in [-0.4, -0.2) is 64.8 Å². The third kappa shape index (κ3) is 2.88. The summed E-state index contributed by atoms with van der Waals surface area (Å²) in [7, 11) is 0. The fraction of sp³-hybridized carbons (Fsp3) is 0.562. The van der Waals surface area contributed by atoms with Crippen LogP contribution in [0.5, 0.6) is 0 Å². The lowest BCUT2D eigenvalue weighted by atomic mass is 9.95. The molecule has 0 unspecified atom stereocenters. The van der Waals surface area contributed by atoms with Crippen molar-refractivity contribution in [2.75, 3.05) is 44.3 Å². The van der Waals surface area contributed by atoms with Gasteiger partial charge in [0.2, 0.25) is 5.91 Å². The van der Waals surface area contributed by atoms with Crippen LogP contribution in [0.2, 0.25) is 0 Å². The molecule has 122 valence electrons. The first-order valence-corrected chi connectivity index (χ1v) is 8.23. The van der Waals surface area contributed by atoms with Gasteiger partial charge in [-0.05, 0) is 18.9 Å². The minimum atomic E-state index is 0.142. The van der Waals surface area contributed by atoms with Gasteiger partial charge in [0.1, 0.15) is 5.82 Å². The average molecular weight is 315 g/mol. The molecule has 2 aromatic rings. The number of amides is 1. The van der Waals surface area contributed by atoms with Gasteiger partial charge >= 0.3 is 0 Å². The van der Waals surface area contributed by atoms with E-state index < -0.39 is 0 Å². The van der Waals surface area contributed by atoms with Crippen LogP contribution in [0.15, 0.2) is 24.5 Å². The van der Waals surface area contributed by atoms with Gasteiger partial charge in [0, 0.05) is 44.4 Å². The van der Waals surface area contributed by atoms with Gasteiger partial charge in [-0.3, -0.25) is 4.79 Å². The van der Waals surface area contributed by atoms with Gasteiger partial charge in [0.05, 0.1) is 19.4 Å². The molecule has 1 amide bonds. The van der Waals surface area contributed by atoms with Crippen molar-refractivity contribution < 1.29 is 9.53 Å². The van der Waals surface area contributed by atoms with E-state index in [1.54, 1.807) is 10.7 Å². The molecule has 4 rings (SSSR count). The van der Waals surface area contributed by atoms with Gasteiger partial charge in [0.15, 0.2) is 5.65 Å². The first-order chi connectivity index (χ1) is 11.3. The zero-order chi connectivity index (χ0) is 15.6. The second-order valence-electron chi connectivity index (χ2n) is 6.12. The van der Waals surface area contributed by atoms with Gasteiger partial charge in [-0.2, -0.15) is 5.10 Å². The van der Waals surface area contributed by atoms with Gasteiger partial charge in [-0.1, -0.05) is 0 Å². The third-order valence-electron chi connectivity index (χ3n) is 4.73. The van der Waals surface area contributed by atoms with E-state index in [9.17, 15) is 4.79 Å². The van der Waals surface area contributed by atoms with Gasteiger partial charge < -0.3 is 14.5 Å². The van der Waals surface area contributed by atoms with E-state index in [2.05, 4.69) is 15.0 Å². The molecular formula is C16H21N5O2. The molecule has 0 bridgehead atoms. The van der Waals surface area contributed by atoms with Crippen molar-refractivity contribution in [1.29, 1.82) is 0 Å². The van der Waals surface area contributed by atoms with Gasteiger partial charge in [0.25, 0.3) is 0 Å². The molecule has 0 saturated carbocycles. The number of fused-ring (bicyclic) bond motifs is 1. The van der Waals surface area contributed by atoms with E-state index in [1.807, 2.05) is 23.2 Å². The van der Waals surface area contributed by atoms with Crippen molar-refractivity contribution in [3.63, 3.8) is 0 Å². The number of hydrogen-bond acceptors (Lipinski definition) is 5. The number of anilines is 1. The zero-order valence-electron chi connectivity index (χ0n) is 13.1. The molecule has 0 N–H and O–H groups in total. The number of carbonyl (C=O) groups excluding carboxylic acids is 1. The summed E-state index contributed by atoms with van der Waals surface area (Å²) in [5.41, 5.74) is 0.856. The maximum atomic E-state index is 12.6. The molecule has 23 heavy (non-hydrogen) atoms. The number of hydrogen-bond donors (Lipinski definition) is 0. The summed E-state index contributed by atoms with van der Waals surface area (Å²) in [6.07, 6.45) is 5.46. The SMILES string of the molecule is O=C(C1CCN(c2ccn3nccc3n2)CC1)N1CCOCC1. The summed E-state index contributed by atoms with van der Waals surface area (Å²) < 4.78 is 7.09. The highest BCUT2D eigenvalue weighted by Crippen LogP contribution is 2.24. The Morgan fingerprint density at radius 2 is 1.91 bits per heavy atom. The van der Waals surface area contributed by atoms with Crippen molar-refractivity contribution in [3.05, 3.63) is 24.5 Å². The molecule has 0 aromatic carbocycles. The van der Waals surface area contributed by atoms with Crippen LogP contribution in [0.3, 0.4) is 0 Å². The molecule has 2 saturated heterocycles. The van der Waals surface area contributed by atoms with Crippen molar-refractivity contribution in [3.8, 4) is 0 Å². The molecule has 7 heteroatoms. The predicted molar refractivity (Wildman–Crippen MR) is 85.3 cm³/mol. The summed E-state index contributed by atoms with van der Waals surface area (Å²) >= 11 is 0. The van der Waals surface area contributed by atoms with E-state index in [-0.39, 0.29) is 5.92 Å². The molecule has 2 aliphatic rings. The highest BCUT2D eigenvalue weighted by molar-refractivity contribution is 5.79. The maximum absolute atomic E-state index is 12.6. The summed E-state index contributed by atoms with van der Waals surface area (Å²) in [6, 6.07) is 3.89. The molecule has 2 aliphatic heterocycles. The van der Waals surface area contributed by atoms with Crippen molar-refractivity contribution in [2.24, 2.45) is 5.92 Å². The Balaban J connectivity index is 1.39. The number of rotatable bonds is 2. The predicted octanol–water partition coefficient (Wildman–Crippen LogP) is 0.804. The Morgan fingerprint density at radius 1 is 1.13 bits per heavy atom. The van der Waals surface area contributed by atoms with Crippen molar-refractivity contribution >= 4 is 17.4 Å². The van der Waals surface area contributed by atoms with Crippen molar-refractivity contribution in [2.45, 2.75) is 12.8 Å². The Bertz CT molecular complexity index is 687. The summed E-state index contributed by atoms with van der Waals surface area (Å²) in [6.45, 7) is 4.55. The lowest BCUT2D eigenvalue weighted by Gasteiger charge is -2.36. The van der Waals surface area contributed by atoms with Gasteiger partial charge in [-0.25, -0.2) is 9.50 Å². The second-order valence-corrected chi connectivity index (χ2v) is 6.12. The van der Waals surface area contributed by atoms with Crippen LogP contribution < -0.4 is 4.90 Å². The van der Waals surface area contributed by atoms with E-state index in [1.165, 1.54) is 0 Å². The lowest BCUT2D eigenvalue weighted by Crippen LogP contribution is -2.46. The monoisotopic (exact) mass is 315 g/mol. The minimum Gasteiger partial charge on any atom is -0.378 e. The zero-order valence-corrected chi connectivity index (χ0v) is 13.1. The van der Waals surface area contributed by atoms with Crippen LogP contribution in [0, 0.1) is 5.92 Å². The molecule has 0 spiro atoms. The smallest absolute Gasteiger partial charge is 0.225 e. The maximum Gasteiger partial charge on any atom is 0.225 e. The summed E-state index contributed by atoms with van der Waals surface area (Å²) in [5.74, 6) is 1.41. The molecule has 0 radical (unpaired) electrons. The van der Waals surface area contributed by atoms with Crippen molar-refractivity contribution in [1.82, 2.24) is 19.5 Å². The van der Waals surface area contributed by atoms with E-state index in [4.69, 9.17) is 4.74 Å². The number of ether oxygens (including phenoxy) is 1. The average Bonchev–Trinajstić information content (AvgIpc) is 3.10. The van der Waals surface area contributed by atoms with E-state index in [0.29, 0.717) is 19.1 Å². The van der Waals surface area contributed by atoms with Crippen LogP contribution in [0.4, 0.5) is 5.82 Å². The number of carbonyl (C=O) groups is 1. The second kappa shape index (κ2) is 6.16. The molecular weight excluding hydrogens is 294 g/mol. The standard InChI is InChI=1S/C16H21N5O2/c22-16(20-9-11-23-12-10-20)13-2-6-19(7-3-13)14-4-8-21-15(18-14)1-5-17-21/h1,4-5,8,13H,2-3,6-7,9-12H2. The minimum absolute atomic E-state index is 0.142. The van der Waals surface area contributed by atoms with Crippen LogP contribution in [-0.2, 0) is 9.53 Å². The summed E-state index contributed by atoms with van der Waals surface area (Å²) in [4.78, 5) is 21.4. The molecule has 0 atom stereocenters. The van der Waals surface area contributed by atoms with Crippen LogP contribution in [0.25, 0.3) is 5.65 Å². The number of nitrogens with zero attached hydrogens (tertiary/aromatic N) is 5. The lowest BCUT2D eigenvalue weighted by molar-refractivity contribution is -0.140. The Morgan fingerprint density at radius 3 is 2.70 bits per heavy atom. The number of aromatic nitrogens is 3. The number of piperidine rings is 1. The molecule has 2 fully saturated rings. The Kier molecular flexibility index (Phi) is 3.87. The first-order valence-electron chi connectivity index (χ1n) is 8.23. The van der Waals surface area contributed by atoms with Gasteiger partial charge in [-0.15, -0.1) is 0 Å². The molecule has 4 heterocycles. The fourth-order valence-electron chi connectivity index (χ4n) is 3.38. The quantitative estimate of drug-likeness (QED) is 0.820. The molecule has 2 aromatic heterocycles.